The second kappa shape index (κ2) is 7.93. The van der Waals surface area contributed by atoms with Crippen LogP contribution in [0.2, 0.25) is 0 Å². The largest absolute Gasteiger partial charge is 0.370 e. The van der Waals surface area contributed by atoms with Crippen molar-refractivity contribution in [3.63, 3.8) is 0 Å². The molecule has 0 aliphatic heterocycles. The molecular weight excluding hydrogens is 320 g/mol. The van der Waals surface area contributed by atoms with Crippen molar-refractivity contribution >= 4 is 21.7 Å². The van der Waals surface area contributed by atoms with Crippen LogP contribution in [0.4, 0.5) is 0 Å². The number of ketones is 1. The fourth-order valence-electron chi connectivity index (χ4n) is 2.29. The van der Waals surface area contributed by atoms with Gasteiger partial charge in [0.15, 0.2) is 5.78 Å². The molecule has 1 heterocycles. The van der Waals surface area contributed by atoms with Crippen LogP contribution in [0.15, 0.2) is 4.47 Å². The summed E-state index contributed by atoms with van der Waals surface area (Å²) in [6.45, 7) is 11.4. The Morgan fingerprint density at radius 1 is 1.35 bits per heavy atom. The van der Waals surface area contributed by atoms with E-state index < -0.39 is 0 Å². The molecule has 4 nitrogen and oxygen atoms in total. The second-order valence-electron chi connectivity index (χ2n) is 5.14. The zero-order valence-electron chi connectivity index (χ0n) is 13.1. The van der Waals surface area contributed by atoms with E-state index in [1.807, 2.05) is 32.4 Å². The smallest absolute Gasteiger partial charge is 0.167 e. The van der Waals surface area contributed by atoms with E-state index in [0.29, 0.717) is 13.0 Å². The predicted molar refractivity (Wildman–Crippen MR) is 83.9 cm³/mol. The quantitative estimate of drug-likeness (QED) is 0.725. The Kier molecular flexibility index (Phi) is 6.89. The first-order chi connectivity index (χ1) is 9.46. The maximum absolute atomic E-state index is 12.5. The number of Topliss-reactive ketones (excluding diaryl/α,β-unsaturated/α-hetero) is 1. The van der Waals surface area contributed by atoms with E-state index in [1.165, 1.54) is 0 Å². The molecule has 0 spiro atoms. The lowest BCUT2D eigenvalue weighted by Crippen LogP contribution is -2.31. The van der Waals surface area contributed by atoms with Gasteiger partial charge in [-0.3, -0.25) is 9.48 Å². The lowest BCUT2D eigenvalue weighted by Gasteiger charge is -2.19. The standard InChI is InChI=1S/C15H25BrN2O2/c1-6-11-14(16)12(18(7-2)17-11)9-13(19)15(10(4)5)20-8-3/h10,15H,6-9H2,1-5H3. The fourth-order valence-corrected chi connectivity index (χ4v) is 2.99. The number of ether oxygens (including phenoxy) is 1. The number of aryl methyl sites for hydroxylation is 2. The van der Waals surface area contributed by atoms with Crippen LogP contribution in [-0.4, -0.2) is 28.3 Å². The van der Waals surface area contributed by atoms with Gasteiger partial charge in [0.2, 0.25) is 0 Å². The summed E-state index contributed by atoms with van der Waals surface area (Å²) in [5.74, 6) is 0.310. The van der Waals surface area contributed by atoms with Gasteiger partial charge in [0.05, 0.1) is 22.3 Å². The molecule has 0 bridgehead atoms. The van der Waals surface area contributed by atoms with Gasteiger partial charge in [-0.05, 0) is 42.1 Å². The Morgan fingerprint density at radius 3 is 2.45 bits per heavy atom. The molecule has 0 aromatic carbocycles. The third kappa shape index (κ3) is 3.92. The molecule has 0 amide bonds. The molecule has 0 fully saturated rings. The number of hydrogen-bond acceptors (Lipinski definition) is 3. The van der Waals surface area contributed by atoms with Gasteiger partial charge < -0.3 is 4.74 Å². The van der Waals surface area contributed by atoms with Crippen LogP contribution >= 0.6 is 15.9 Å². The topological polar surface area (TPSA) is 44.1 Å². The highest BCUT2D eigenvalue weighted by Crippen LogP contribution is 2.24. The van der Waals surface area contributed by atoms with Crippen LogP contribution in [0, 0.1) is 5.92 Å². The zero-order valence-corrected chi connectivity index (χ0v) is 14.7. The van der Waals surface area contributed by atoms with Gasteiger partial charge in [-0.1, -0.05) is 20.8 Å². The summed E-state index contributed by atoms with van der Waals surface area (Å²) in [5.41, 5.74) is 1.96. The summed E-state index contributed by atoms with van der Waals surface area (Å²) in [6, 6.07) is 0. The summed E-state index contributed by atoms with van der Waals surface area (Å²) < 4.78 is 8.46. The van der Waals surface area contributed by atoms with Crippen molar-refractivity contribution in [2.75, 3.05) is 6.61 Å². The SMILES string of the molecule is CCOC(C(=O)Cc1c(Br)c(CC)nn1CC)C(C)C. The van der Waals surface area contributed by atoms with Crippen molar-refractivity contribution in [2.24, 2.45) is 5.92 Å². The van der Waals surface area contributed by atoms with Gasteiger partial charge in [0.25, 0.3) is 0 Å². The molecule has 0 aliphatic carbocycles. The molecule has 1 atom stereocenters. The summed E-state index contributed by atoms with van der Waals surface area (Å²) in [4.78, 5) is 12.5. The summed E-state index contributed by atoms with van der Waals surface area (Å²) in [5, 5.41) is 4.53. The molecule has 0 radical (unpaired) electrons. The maximum atomic E-state index is 12.5. The maximum Gasteiger partial charge on any atom is 0.167 e. The molecule has 0 aliphatic rings. The molecule has 5 heteroatoms. The minimum atomic E-state index is -0.336. The Labute approximate surface area is 130 Å². The highest BCUT2D eigenvalue weighted by atomic mass is 79.9. The minimum absolute atomic E-state index is 0.125. The predicted octanol–water partition coefficient (Wildman–Crippen LogP) is 3.40. The van der Waals surface area contributed by atoms with E-state index in [4.69, 9.17) is 4.74 Å². The van der Waals surface area contributed by atoms with Gasteiger partial charge in [0, 0.05) is 13.2 Å². The van der Waals surface area contributed by atoms with Gasteiger partial charge in [-0.2, -0.15) is 5.10 Å². The number of hydrogen-bond donors (Lipinski definition) is 0. The van der Waals surface area contributed by atoms with Gasteiger partial charge in [-0.15, -0.1) is 0 Å². The Hall–Kier alpha value is -0.680. The third-order valence-electron chi connectivity index (χ3n) is 3.30. The van der Waals surface area contributed by atoms with Crippen LogP contribution in [-0.2, 0) is 28.9 Å². The van der Waals surface area contributed by atoms with E-state index in [-0.39, 0.29) is 17.8 Å². The molecule has 114 valence electrons. The van der Waals surface area contributed by atoms with Crippen LogP contribution < -0.4 is 0 Å². The van der Waals surface area contributed by atoms with Crippen molar-refractivity contribution in [3.8, 4) is 0 Å². The van der Waals surface area contributed by atoms with Gasteiger partial charge in [0.1, 0.15) is 6.10 Å². The van der Waals surface area contributed by atoms with Crippen molar-refractivity contribution in [2.45, 2.75) is 60.1 Å². The molecule has 1 aromatic heterocycles. The first kappa shape index (κ1) is 17.4. The number of nitrogens with zero attached hydrogens (tertiary/aromatic N) is 2. The summed E-state index contributed by atoms with van der Waals surface area (Å²) >= 11 is 3.58. The number of carbonyl (C=O) groups is 1. The van der Waals surface area contributed by atoms with Gasteiger partial charge in [-0.25, -0.2) is 0 Å². The molecule has 20 heavy (non-hydrogen) atoms. The monoisotopic (exact) mass is 344 g/mol. The molecular formula is C15H25BrN2O2. The number of carbonyl (C=O) groups excluding carboxylic acids is 1. The molecule has 1 rings (SSSR count). The van der Waals surface area contributed by atoms with Crippen molar-refractivity contribution in [1.82, 2.24) is 9.78 Å². The first-order valence-corrected chi connectivity index (χ1v) is 8.13. The highest BCUT2D eigenvalue weighted by Gasteiger charge is 2.25. The molecule has 0 N–H and O–H groups in total. The second-order valence-corrected chi connectivity index (χ2v) is 5.93. The van der Waals surface area contributed by atoms with E-state index in [2.05, 4.69) is 28.0 Å². The number of rotatable bonds is 8. The van der Waals surface area contributed by atoms with Crippen molar-refractivity contribution in [3.05, 3.63) is 15.9 Å². The number of aromatic nitrogens is 2. The van der Waals surface area contributed by atoms with Crippen LogP contribution in [0.5, 0.6) is 0 Å². The Morgan fingerprint density at radius 2 is 2.00 bits per heavy atom. The molecule has 0 saturated heterocycles. The van der Waals surface area contributed by atoms with Crippen LogP contribution in [0.3, 0.4) is 0 Å². The average molecular weight is 345 g/mol. The highest BCUT2D eigenvalue weighted by molar-refractivity contribution is 9.10. The van der Waals surface area contributed by atoms with Gasteiger partial charge >= 0.3 is 0 Å². The van der Waals surface area contributed by atoms with Crippen LogP contribution in [0.1, 0.15) is 46.0 Å². The van der Waals surface area contributed by atoms with E-state index in [9.17, 15) is 4.79 Å². The molecule has 1 aromatic rings. The first-order valence-electron chi connectivity index (χ1n) is 7.34. The van der Waals surface area contributed by atoms with E-state index >= 15 is 0 Å². The van der Waals surface area contributed by atoms with Crippen molar-refractivity contribution in [1.29, 1.82) is 0 Å². The number of halogens is 1. The average Bonchev–Trinajstić information content (AvgIpc) is 2.72. The normalized spacial score (nSPS) is 12.9. The third-order valence-corrected chi connectivity index (χ3v) is 4.22. The van der Waals surface area contributed by atoms with Crippen LogP contribution in [0.25, 0.3) is 0 Å². The fraction of sp³-hybridized carbons (Fsp3) is 0.733. The van der Waals surface area contributed by atoms with Crippen molar-refractivity contribution < 1.29 is 9.53 Å². The molecule has 0 saturated carbocycles. The zero-order chi connectivity index (χ0) is 15.3. The summed E-state index contributed by atoms with van der Waals surface area (Å²) in [7, 11) is 0. The van der Waals surface area contributed by atoms with E-state index in [1.54, 1.807) is 0 Å². The lowest BCUT2D eigenvalue weighted by atomic mass is 9.99. The lowest BCUT2D eigenvalue weighted by molar-refractivity contribution is -0.132. The molecule has 1 unspecified atom stereocenters. The summed E-state index contributed by atoms with van der Waals surface area (Å²) in [6.07, 6.45) is 0.884. The minimum Gasteiger partial charge on any atom is -0.370 e. The Balaban J connectivity index is 2.96. The van der Waals surface area contributed by atoms with E-state index in [0.717, 1.165) is 28.8 Å². The Bertz CT molecular complexity index is 455.